The number of rotatable bonds is 2. The Morgan fingerprint density at radius 3 is 2.24 bits per heavy atom. The van der Waals surface area contributed by atoms with Crippen LogP contribution in [0.5, 0.6) is 5.75 Å². The minimum absolute atomic E-state index is 0.187. The smallest absolute Gasteiger partial charge is 0.127 e. The average Bonchev–Trinajstić information content (AvgIpc) is 2.28. The van der Waals surface area contributed by atoms with E-state index in [4.69, 9.17) is 10.5 Å². The Morgan fingerprint density at radius 2 is 1.65 bits per heavy atom. The molecule has 2 rings (SSSR count). The molecule has 17 heavy (non-hydrogen) atoms. The minimum Gasteiger partial charge on any atom is -0.488 e. The minimum atomic E-state index is -0.187. The zero-order valence-corrected chi connectivity index (χ0v) is 10.7. The molecule has 0 radical (unpaired) electrons. The van der Waals surface area contributed by atoms with E-state index in [9.17, 15) is 0 Å². The van der Waals surface area contributed by atoms with Gasteiger partial charge in [0, 0.05) is 11.9 Å². The zero-order valence-electron chi connectivity index (χ0n) is 10.7. The number of benzene rings is 2. The molecule has 0 amide bonds. The van der Waals surface area contributed by atoms with E-state index >= 15 is 0 Å². The van der Waals surface area contributed by atoms with Crippen LogP contribution in [0, 0.1) is 0 Å². The van der Waals surface area contributed by atoms with Crippen molar-refractivity contribution in [3.05, 3.63) is 42.0 Å². The molecule has 2 aromatic rings. The van der Waals surface area contributed by atoms with Gasteiger partial charge >= 0.3 is 0 Å². The van der Waals surface area contributed by atoms with E-state index in [1.54, 1.807) is 0 Å². The molecule has 0 atom stereocenters. The van der Waals surface area contributed by atoms with Gasteiger partial charge in [0.15, 0.2) is 0 Å². The normalized spacial score (nSPS) is 11.8. The highest BCUT2D eigenvalue weighted by Gasteiger charge is 2.14. The van der Waals surface area contributed by atoms with Crippen LogP contribution in [-0.2, 0) is 6.54 Å². The van der Waals surface area contributed by atoms with Gasteiger partial charge in [-0.15, -0.1) is 0 Å². The van der Waals surface area contributed by atoms with Gasteiger partial charge in [0.1, 0.15) is 11.4 Å². The Labute approximate surface area is 102 Å². The first-order valence-electron chi connectivity index (χ1n) is 5.91. The van der Waals surface area contributed by atoms with Crippen molar-refractivity contribution in [1.82, 2.24) is 0 Å². The van der Waals surface area contributed by atoms with Gasteiger partial charge in [-0.25, -0.2) is 0 Å². The lowest BCUT2D eigenvalue weighted by Gasteiger charge is -2.23. The molecule has 0 unspecified atom stereocenters. The molecule has 0 heterocycles. The Morgan fingerprint density at radius 1 is 1.00 bits per heavy atom. The number of ether oxygens (including phenoxy) is 1. The van der Waals surface area contributed by atoms with Crippen LogP contribution in [-0.4, -0.2) is 5.60 Å². The van der Waals surface area contributed by atoms with Gasteiger partial charge in [0.05, 0.1) is 0 Å². The molecule has 2 nitrogen and oxygen atoms in total. The third-order valence-corrected chi connectivity index (χ3v) is 2.61. The molecular weight excluding hydrogens is 210 g/mol. The summed E-state index contributed by atoms with van der Waals surface area (Å²) < 4.78 is 5.97. The summed E-state index contributed by atoms with van der Waals surface area (Å²) in [6.07, 6.45) is 0. The monoisotopic (exact) mass is 229 g/mol. The van der Waals surface area contributed by atoms with Crippen molar-refractivity contribution in [2.24, 2.45) is 5.73 Å². The zero-order chi connectivity index (χ0) is 12.5. The second-order valence-corrected chi connectivity index (χ2v) is 5.19. The van der Waals surface area contributed by atoms with E-state index in [1.807, 2.05) is 24.3 Å². The molecule has 0 fully saturated rings. The molecule has 0 spiro atoms. The van der Waals surface area contributed by atoms with Crippen LogP contribution in [0.1, 0.15) is 26.3 Å². The topological polar surface area (TPSA) is 35.2 Å². The van der Waals surface area contributed by atoms with E-state index < -0.39 is 0 Å². The molecule has 2 aromatic carbocycles. The van der Waals surface area contributed by atoms with E-state index in [-0.39, 0.29) is 5.60 Å². The van der Waals surface area contributed by atoms with Crippen molar-refractivity contribution in [2.45, 2.75) is 32.9 Å². The molecule has 90 valence electrons. The average molecular weight is 229 g/mol. The molecule has 0 bridgehead atoms. The number of fused-ring (bicyclic) bond motifs is 1. The van der Waals surface area contributed by atoms with Gasteiger partial charge < -0.3 is 10.5 Å². The second-order valence-electron chi connectivity index (χ2n) is 5.19. The number of nitrogens with two attached hydrogens (primary N) is 1. The van der Waals surface area contributed by atoms with E-state index in [2.05, 4.69) is 32.9 Å². The van der Waals surface area contributed by atoms with Crippen LogP contribution in [0.4, 0.5) is 0 Å². The Kier molecular flexibility index (Phi) is 3.07. The van der Waals surface area contributed by atoms with Gasteiger partial charge in [0.2, 0.25) is 0 Å². The summed E-state index contributed by atoms with van der Waals surface area (Å²) in [5.74, 6) is 0.922. The summed E-state index contributed by atoms with van der Waals surface area (Å²) in [7, 11) is 0. The Balaban J connectivity index is 2.59. The first-order valence-corrected chi connectivity index (χ1v) is 5.91. The van der Waals surface area contributed by atoms with Gasteiger partial charge in [-0.1, -0.05) is 30.3 Å². The molecule has 0 saturated carbocycles. The van der Waals surface area contributed by atoms with E-state index in [0.29, 0.717) is 6.54 Å². The summed E-state index contributed by atoms with van der Waals surface area (Å²) in [5.41, 5.74) is 6.72. The molecule has 0 saturated heterocycles. The number of hydrogen-bond acceptors (Lipinski definition) is 2. The maximum Gasteiger partial charge on any atom is 0.127 e. The fourth-order valence-electron chi connectivity index (χ4n) is 1.93. The van der Waals surface area contributed by atoms with Gasteiger partial charge in [-0.05, 0) is 37.8 Å². The third-order valence-electron chi connectivity index (χ3n) is 2.61. The van der Waals surface area contributed by atoms with Crippen molar-refractivity contribution in [1.29, 1.82) is 0 Å². The van der Waals surface area contributed by atoms with Crippen LogP contribution < -0.4 is 10.5 Å². The van der Waals surface area contributed by atoms with Crippen molar-refractivity contribution < 1.29 is 4.74 Å². The van der Waals surface area contributed by atoms with Crippen molar-refractivity contribution in [3.63, 3.8) is 0 Å². The van der Waals surface area contributed by atoms with Crippen molar-refractivity contribution in [2.75, 3.05) is 0 Å². The maximum absolute atomic E-state index is 5.97. The molecule has 0 aliphatic heterocycles. The Bertz CT molecular complexity index is 526. The fourth-order valence-corrected chi connectivity index (χ4v) is 1.93. The summed E-state index contributed by atoms with van der Waals surface area (Å²) in [6.45, 7) is 6.71. The number of hydrogen-bond donors (Lipinski definition) is 1. The highest BCUT2D eigenvalue weighted by Crippen LogP contribution is 2.30. The highest BCUT2D eigenvalue weighted by molar-refractivity contribution is 5.91. The predicted octanol–water partition coefficient (Wildman–Crippen LogP) is 3.48. The van der Waals surface area contributed by atoms with Crippen LogP contribution in [0.25, 0.3) is 10.8 Å². The SMILES string of the molecule is CC(C)(C)Oc1ccc(CN)c2ccccc12. The summed E-state index contributed by atoms with van der Waals surface area (Å²) in [5, 5.41) is 2.31. The first-order chi connectivity index (χ1) is 8.01. The van der Waals surface area contributed by atoms with Crippen LogP contribution in [0.2, 0.25) is 0 Å². The van der Waals surface area contributed by atoms with Crippen LogP contribution >= 0.6 is 0 Å². The summed E-state index contributed by atoms with van der Waals surface area (Å²) in [4.78, 5) is 0. The molecule has 0 aliphatic rings. The lowest BCUT2D eigenvalue weighted by atomic mass is 10.0. The van der Waals surface area contributed by atoms with Gasteiger partial charge in [0.25, 0.3) is 0 Å². The lowest BCUT2D eigenvalue weighted by Crippen LogP contribution is -2.23. The molecular formula is C15H19NO. The summed E-state index contributed by atoms with van der Waals surface area (Å²) >= 11 is 0. The lowest BCUT2D eigenvalue weighted by molar-refractivity contribution is 0.133. The van der Waals surface area contributed by atoms with Crippen molar-refractivity contribution in [3.8, 4) is 5.75 Å². The molecule has 2 N–H and O–H groups in total. The standard InChI is InChI=1S/C15H19NO/c1-15(2,3)17-14-9-8-11(10-16)12-6-4-5-7-13(12)14/h4-9H,10,16H2,1-3H3. The molecule has 0 aromatic heterocycles. The Hall–Kier alpha value is -1.54. The summed E-state index contributed by atoms with van der Waals surface area (Å²) in [6, 6.07) is 12.3. The second kappa shape index (κ2) is 4.38. The predicted molar refractivity (Wildman–Crippen MR) is 72.2 cm³/mol. The van der Waals surface area contributed by atoms with E-state index in [0.717, 1.165) is 16.7 Å². The quantitative estimate of drug-likeness (QED) is 0.855. The van der Waals surface area contributed by atoms with Crippen molar-refractivity contribution >= 4 is 10.8 Å². The van der Waals surface area contributed by atoms with E-state index in [1.165, 1.54) is 5.39 Å². The van der Waals surface area contributed by atoms with Gasteiger partial charge in [-0.2, -0.15) is 0 Å². The molecule has 0 aliphatic carbocycles. The first kappa shape index (κ1) is 11.9. The highest BCUT2D eigenvalue weighted by atomic mass is 16.5. The van der Waals surface area contributed by atoms with Crippen LogP contribution in [0.15, 0.2) is 36.4 Å². The third kappa shape index (κ3) is 2.59. The fraction of sp³-hybridized carbons (Fsp3) is 0.333. The van der Waals surface area contributed by atoms with Crippen LogP contribution in [0.3, 0.4) is 0 Å². The molecule has 2 heteroatoms. The van der Waals surface area contributed by atoms with Gasteiger partial charge in [-0.3, -0.25) is 0 Å². The maximum atomic E-state index is 5.97. The largest absolute Gasteiger partial charge is 0.488 e.